The van der Waals surface area contributed by atoms with E-state index in [0.717, 1.165) is 6.07 Å². The lowest BCUT2D eigenvalue weighted by atomic mass is 9.94. The van der Waals surface area contributed by atoms with Crippen LogP contribution in [0.3, 0.4) is 0 Å². The zero-order chi connectivity index (χ0) is 13.9. The lowest BCUT2D eigenvalue weighted by molar-refractivity contribution is -0.0626. The summed E-state index contributed by atoms with van der Waals surface area (Å²) in [5.41, 5.74) is -0.298. The molecular weight excluding hydrogens is 249 g/mol. The second-order valence-corrected chi connectivity index (χ2v) is 5.15. The van der Waals surface area contributed by atoms with Crippen LogP contribution in [0.25, 0.3) is 0 Å². The van der Waals surface area contributed by atoms with E-state index in [1.807, 2.05) is 6.92 Å². The first-order chi connectivity index (χ1) is 9.00. The Morgan fingerprint density at radius 2 is 2.11 bits per heavy atom. The topological polar surface area (TPSA) is 61.7 Å². The third-order valence-electron chi connectivity index (χ3n) is 3.61. The highest BCUT2D eigenvalue weighted by atomic mass is 19.1. The van der Waals surface area contributed by atoms with Crippen LogP contribution in [0.15, 0.2) is 18.2 Å². The van der Waals surface area contributed by atoms with Gasteiger partial charge in [-0.1, -0.05) is 6.07 Å². The zero-order valence-electron chi connectivity index (χ0n) is 11.0. The van der Waals surface area contributed by atoms with Gasteiger partial charge in [-0.05, 0) is 13.0 Å². The van der Waals surface area contributed by atoms with Crippen LogP contribution in [0.2, 0.25) is 0 Å². The predicted molar refractivity (Wildman–Crippen MR) is 69.5 cm³/mol. The summed E-state index contributed by atoms with van der Waals surface area (Å²) in [5, 5.41) is 22.6. The summed E-state index contributed by atoms with van der Waals surface area (Å²) in [4.78, 5) is 0. The fourth-order valence-corrected chi connectivity index (χ4v) is 2.25. The normalized spacial score (nSPS) is 20.2. The van der Waals surface area contributed by atoms with Gasteiger partial charge < -0.3 is 20.3 Å². The number of phenolic OH excluding ortho intramolecular Hbond substituents is 1. The number of nitrogens with one attached hydrogen (secondary N) is 1. The molecular formula is C14H20FNO3. The van der Waals surface area contributed by atoms with Crippen LogP contribution < -0.4 is 5.32 Å². The molecule has 106 valence electrons. The molecule has 3 N–H and O–H groups in total. The van der Waals surface area contributed by atoms with Crippen LogP contribution in [0.4, 0.5) is 4.39 Å². The number of hydrogen-bond donors (Lipinski definition) is 3. The molecule has 0 amide bonds. The monoisotopic (exact) mass is 269 g/mol. The molecule has 0 spiro atoms. The highest BCUT2D eigenvalue weighted by Crippen LogP contribution is 2.23. The van der Waals surface area contributed by atoms with Gasteiger partial charge in [0.05, 0.1) is 5.60 Å². The Morgan fingerprint density at radius 1 is 1.42 bits per heavy atom. The van der Waals surface area contributed by atoms with Gasteiger partial charge in [0.15, 0.2) is 0 Å². The third-order valence-corrected chi connectivity index (χ3v) is 3.61. The molecule has 0 saturated carbocycles. The molecule has 2 rings (SSSR count). The third kappa shape index (κ3) is 3.65. The average Bonchev–Trinajstić information content (AvgIpc) is 2.37. The number of aromatic hydroxyl groups is 1. The molecule has 1 fully saturated rings. The Hall–Kier alpha value is -1.17. The average molecular weight is 269 g/mol. The van der Waals surface area contributed by atoms with Gasteiger partial charge in [0.1, 0.15) is 11.6 Å². The Labute approximate surface area is 112 Å². The van der Waals surface area contributed by atoms with Crippen LogP contribution in [0.1, 0.15) is 31.4 Å². The van der Waals surface area contributed by atoms with E-state index in [0.29, 0.717) is 38.2 Å². The maximum absolute atomic E-state index is 13.7. The molecule has 1 aliphatic heterocycles. The molecule has 1 unspecified atom stereocenters. The predicted octanol–water partition coefficient (Wildman–Crippen LogP) is 1.72. The molecule has 0 bridgehead atoms. The Kier molecular flexibility index (Phi) is 4.39. The smallest absolute Gasteiger partial charge is 0.131 e. The van der Waals surface area contributed by atoms with Crippen LogP contribution in [0.5, 0.6) is 5.75 Å². The summed E-state index contributed by atoms with van der Waals surface area (Å²) in [7, 11) is 0. The largest absolute Gasteiger partial charge is 0.508 e. The second-order valence-electron chi connectivity index (χ2n) is 5.15. The van der Waals surface area contributed by atoms with E-state index in [1.165, 1.54) is 6.07 Å². The lowest BCUT2D eigenvalue weighted by Gasteiger charge is -2.33. The van der Waals surface area contributed by atoms with Gasteiger partial charge in [-0.3, -0.25) is 0 Å². The summed E-state index contributed by atoms with van der Waals surface area (Å²) in [6, 6.07) is 3.87. The number of benzene rings is 1. The Bertz CT molecular complexity index is 433. The molecule has 5 heteroatoms. The molecule has 0 aliphatic carbocycles. The molecule has 1 atom stereocenters. The molecule has 4 nitrogen and oxygen atoms in total. The molecule has 0 radical (unpaired) electrons. The van der Waals surface area contributed by atoms with Crippen molar-refractivity contribution >= 4 is 0 Å². The summed E-state index contributed by atoms with van der Waals surface area (Å²) < 4.78 is 18.9. The number of hydrogen-bond acceptors (Lipinski definition) is 4. The van der Waals surface area contributed by atoms with E-state index in [2.05, 4.69) is 5.32 Å². The number of ether oxygens (including phenoxy) is 1. The van der Waals surface area contributed by atoms with Crippen molar-refractivity contribution in [2.75, 3.05) is 19.8 Å². The van der Waals surface area contributed by atoms with Crippen LogP contribution in [-0.2, 0) is 4.74 Å². The minimum Gasteiger partial charge on any atom is -0.508 e. The van der Waals surface area contributed by atoms with Crippen molar-refractivity contribution in [3.63, 3.8) is 0 Å². The van der Waals surface area contributed by atoms with Crippen LogP contribution >= 0.6 is 0 Å². The maximum Gasteiger partial charge on any atom is 0.131 e. The summed E-state index contributed by atoms with van der Waals surface area (Å²) in [6.45, 7) is 3.34. The standard InChI is InChI=1S/C14H20FNO3/c1-10(12-3-2-11(17)8-13(12)15)16-9-14(18)4-6-19-7-5-14/h2-3,8,10,16-18H,4-7,9H2,1H3. The maximum atomic E-state index is 13.7. The summed E-state index contributed by atoms with van der Waals surface area (Å²) in [6.07, 6.45) is 1.18. The fraction of sp³-hybridized carbons (Fsp3) is 0.571. The van der Waals surface area contributed by atoms with E-state index >= 15 is 0 Å². The molecule has 1 aliphatic rings. The molecule has 1 aromatic carbocycles. The number of rotatable bonds is 4. The van der Waals surface area contributed by atoms with Gasteiger partial charge in [0.2, 0.25) is 0 Å². The molecule has 0 aromatic heterocycles. The van der Waals surface area contributed by atoms with Crippen molar-refractivity contribution < 1.29 is 19.3 Å². The fourth-order valence-electron chi connectivity index (χ4n) is 2.25. The first kappa shape index (κ1) is 14.2. The highest BCUT2D eigenvalue weighted by molar-refractivity contribution is 5.29. The number of halogens is 1. The quantitative estimate of drug-likeness (QED) is 0.779. The van der Waals surface area contributed by atoms with E-state index in [-0.39, 0.29) is 11.8 Å². The van der Waals surface area contributed by atoms with Crippen LogP contribution in [0, 0.1) is 5.82 Å². The van der Waals surface area contributed by atoms with Gasteiger partial charge in [-0.2, -0.15) is 0 Å². The van der Waals surface area contributed by atoms with Crippen molar-refractivity contribution in [3.8, 4) is 5.75 Å². The summed E-state index contributed by atoms with van der Waals surface area (Å²) in [5.74, 6) is -0.532. The first-order valence-electron chi connectivity index (χ1n) is 6.52. The van der Waals surface area contributed by atoms with E-state index in [9.17, 15) is 14.6 Å². The van der Waals surface area contributed by atoms with Gasteiger partial charge in [0, 0.05) is 50.3 Å². The van der Waals surface area contributed by atoms with Gasteiger partial charge in [-0.15, -0.1) is 0 Å². The lowest BCUT2D eigenvalue weighted by Crippen LogP contribution is -2.45. The van der Waals surface area contributed by atoms with Crippen molar-refractivity contribution in [2.24, 2.45) is 0 Å². The van der Waals surface area contributed by atoms with Gasteiger partial charge in [0.25, 0.3) is 0 Å². The first-order valence-corrected chi connectivity index (χ1v) is 6.52. The van der Waals surface area contributed by atoms with Crippen molar-refractivity contribution in [3.05, 3.63) is 29.6 Å². The van der Waals surface area contributed by atoms with E-state index in [4.69, 9.17) is 4.74 Å². The Balaban J connectivity index is 1.95. The van der Waals surface area contributed by atoms with Crippen molar-refractivity contribution in [1.82, 2.24) is 5.32 Å². The Morgan fingerprint density at radius 3 is 2.74 bits per heavy atom. The van der Waals surface area contributed by atoms with Crippen LogP contribution in [-0.4, -0.2) is 35.6 Å². The van der Waals surface area contributed by atoms with Gasteiger partial charge in [-0.25, -0.2) is 4.39 Å². The minimum absolute atomic E-state index is 0.0866. The second kappa shape index (κ2) is 5.86. The van der Waals surface area contributed by atoms with Gasteiger partial charge >= 0.3 is 0 Å². The zero-order valence-corrected chi connectivity index (χ0v) is 11.0. The minimum atomic E-state index is -0.778. The van der Waals surface area contributed by atoms with Crippen molar-refractivity contribution in [1.29, 1.82) is 0 Å². The summed E-state index contributed by atoms with van der Waals surface area (Å²) >= 11 is 0. The molecule has 1 saturated heterocycles. The van der Waals surface area contributed by atoms with E-state index < -0.39 is 11.4 Å². The number of phenols is 1. The van der Waals surface area contributed by atoms with E-state index in [1.54, 1.807) is 6.07 Å². The SMILES string of the molecule is CC(NCC1(O)CCOCC1)c1ccc(O)cc1F. The van der Waals surface area contributed by atoms with Crippen molar-refractivity contribution in [2.45, 2.75) is 31.4 Å². The highest BCUT2D eigenvalue weighted by Gasteiger charge is 2.30. The molecule has 1 heterocycles. The molecule has 19 heavy (non-hydrogen) atoms. The molecule has 1 aromatic rings. The number of aliphatic hydroxyl groups is 1.